The van der Waals surface area contributed by atoms with E-state index < -0.39 is 0 Å². The van der Waals surface area contributed by atoms with Crippen LogP contribution in [0.2, 0.25) is 0 Å². The topological polar surface area (TPSA) is 58.1 Å². The van der Waals surface area contributed by atoms with Crippen molar-refractivity contribution in [1.29, 1.82) is 0 Å². The fourth-order valence-electron chi connectivity index (χ4n) is 3.64. The van der Waals surface area contributed by atoms with Crippen molar-refractivity contribution in [3.63, 3.8) is 0 Å². The van der Waals surface area contributed by atoms with Crippen LogP contribution in [0.25, 0.3) is 11.0 Å². The van der Waals surface area contributed by atoms with Crippen LogP contribution in [-0.2, 0) is 0 Å². The summed E-state index contributed by atoms with van der Waals surface area (Å²) in [5.41, 5.74) is 4.98. The first kappa shape index (κ1) is 21.5. The Bertz CT molecular complexity index is 1050. The zero-order chi connectivity index (χ0) is 19.7. The molecule has 0 spiro atoms. The highest BCUT2D eigenvalue weighted by molar-refractivity contribution is 9.10. The molecule has 0 saturated carbocycles. The maximum absolute atomic E-state index is 13.3. The monoisotopic (exact) mass is 474 g/mol. The van der Waals surface area contributed by atoms with Crippen molar-refractivity contribution in [2.24, 2.45) is 0 Å². The van der Waals surface area contributed by atoms with E-state index in [2.05, 4.69) is 37.3 Å². The molecule has 3 aromatic rings. The Hall–Kier alpha value is -2.18. The number of carbonyl (C=O) groups excluding carboxylic acids is 1. The van der Waals surface area contributed by atoms with Gasteiger partial charge in [-0.2, -0.15) is 0 Å². The first-order valence-corrected chi connectivity index (χ1v) is 10.4. The largest absolute Gasteiger partial charge is 0.354 e. The molecule has 5 nitrogen and oxygen atoms in total. The molecule has 152 valence electrons. The average Bonchev–Trinajstić information content (AvgIpc) is 2.70. The number of hydrogen-bond donors (Lipinski definition) is 1. The number of pyridine rings is 2. The van der Waals surface area contributed by atoms with Gasteiger partial charge in [-0.25, -0.2) is 9.97 Å². The molecule has 2 aromatic heterocycles. The van der Waals surface area contributed by atoms with E-state index >= 15 is 0 Å². The summed E-state index contributed by atoms with van der Waals surface area (Å²) in [4.78, 5) is 24.3. The first-order chi connectivity index (χ1) is 13.5. The molecular weight excluding hydrogens is 452 g/mol. The van der Waals surface area contributed by atoms with Crippen molar-refractivity contribution in [3.05, 3.63) is 57.8 Å². The Kier molecular flexibility index (Phi) is 6.75. The molecule has 1 N–H and O–H groups in total. The molecule has 7 heteroatoms. The second-order valence-electron chi connectivity index (χ2n) is 7.31. The van der Waals surface area contributed by atoms with Crippen molar-refractivity contribution < 1.29 is 4.79 Å². The number of anilines is 2. The molecule has 29 heavy (non-hydrogen) atoms. The van der Waals surface area contributed by atoms with Crippen molar-refractivity contribution in [2.45, 2.75) is 33.1 Å². The number of carbonyl (C=O) groups is 1. The summed E-state index contributed by atoms with van der Waals surface area (Å²) in [7, 11) is 0. The number of likely N-dealkylation sites (tertiary alicyclic amines) is 1. The van der Waals surface area contributed by atoms with Crippen molar-refractivity contribution >= 4 is 56.7 Å². The van der Waals surface area contributed by atoms with E-state index in [1.807, 2.05) is 43.0 Å². The summed E-state index contributed by atoms with van der Waals surface area (Å²) in [5.74, 6) is 0.0342. The number of piperidine rings is 1. The van der Waals surface area contributed by atoms with Gasteiger partial charge >= 0.3 is 0 Å². The third-order valence-corrected chi connectivity index (χ3v) is 5.68. The van der Waals surface area contributed by atoms with Gasteiger partial charge in [0.15, 0.2) is 5.65 Å². The average molecular weight is 476 g/mol. The molecule has 4 rings (SSSR count). The Balaban J connectivity index is 0.00000240. The van der Waals surface area contributed by atoms with E-state index in [0.717, 1.165) is 58.4 Å². The minimum absolute atomic E-state index is 0. The van der Waals surface area contributed by atoms with Crippen molar-refractivity contribution in [3.8, 4) is 0 Å². The highest BCUT2D eigenvalue weighted by Gasteiger charge is 2.23. The molecule has 1 aliphatic rings. The molecular formula is C22H24BrClN4O. The van der Waals surface area contributed by atoms with Gasteiger partial charge in [-0.3, -0.25) is 4.79 Å². The Labute approximate surface area is 185 Å². The number of amides is 1. The maximum atomic E-state index is 13.3. The van der Waals surface area contributed by atoms with Crippen LogP contribution in [0.1, 0.15) is 40.9 Å². The zero-order valence-corrected chi connectivity index (χ0v) is 18.9. The third-order valence-electron chi connectivity index (χ3n) is 5.19. The van der Waals surface area contributed by atoms with Gasteiger partial charge in [-0.15, -0.1) is 12.4 Å². The predicted molar refractivity (Wildman–Crippen MR) is 123 cm³/mol. The Morgan fingerprint density at radius 3 is 2.59 bits per heavy atom. The van der Waals surface area contributed by atoms with Crippen LogP contribution < -0.4 is 5.32 Å². The smallest absolute Gasteiger partial charge is 0.257 e. The predicted octanol–water partition coefficient (Wildman–Crippen LogP) is 5.80. The molecule has 1 aliphatic heterocycles. The summed E-state index contributed by atoms with van der Waals surface area (Å²) in [6.07, 6.45) is 4.97. The quantitative estimate of drug-likeness (QED) is 0.520. The first-order valence-electron chi connectivity index (χ1n) is 9.62. The van der Waals surface area contributed by atoms with Gasteiger partial charge < -0.3 is 10.2 Å². The number of benzene rings is 1. The van der Waals surface area contributed by atoms with E-state index in [1.54, 1.807) is 6.20 Å². The summed E-state index contributed by atoms with van der Waals surface area (Å²) >= 11 is 3.51. The number of halogens is 2. The minimum Gasteiger partial charge on any atom is -0.354 e. The summed E-state index contributed by atoms with van der Waals surface area (Å²) in [6.45, 7) is 5.60. The normalized spacial score (nSPS) is 13.8. The van der Waals surface area contributed by atoms with Gasteiger partial charge in [0.1, 0.15) is 0 Å². The van der Waals surface area contributed by atoms with Crippen LogP contribution >= 0.6 is 28.3 Å². The zero-order valence-electron chi connectivity index (χ0n) is 16.5. The molecule has 3 heterocycles. The SMILES string of the molecule is Cc1ccc2c(Nc3ccc(Br)cc3C)c(C(=O)N3CCCCC3)cnc2n1.Cl. The maximum Gasteiger partial charge on any atom is 0.257 e. The lowest BCUT2D eigenvalue weighted by atomic mass is 10.1. The number of rotatable bonds is 3. The van der Waals surface area contributed by atoms with E-state index in [0.29, 0.717) is 11.2 Å². The molecule has 0 aliphatic carbocycles. The number of hydrogen-bond acceptors (Lipinski definition) is 4. The summed E-state index contributed by atoms with van der Waals surface area (Å²) < 4.78 is 1.03. The van der Waals surface area contributed by atoms with E-state index in [9.17, 15) is 4.79 Å². The molecule has 1 aromatic carbocycles. The molecule has 1 fully saturated rings. The van der Waals surface area contributed by atoms with Crippen molar-refractivity contribution in [2.75, 3.05) is 18.4 Å². The van der Waals surface area contributed by atoms with E-state index in [1.165, 1.54) is 6.42 Å². The lowest BCUT2D eigenvalue weighted by Gasteiger charge is -2.28. The third kappa shape index (κ3) is 4.54. The van der Waals surface area contributed by atoms with Crippen LogP contribution in [0, 0.1) is 13.8 Å². The van der Waals surface area contributed by atoms with Crippen LogP contribution in [0.5, 0.6) is 0 Å². The molecule has 0 bridgehead atoms. The molecule has 0 unspecified atom stereocenters. The molecule has 1 amide bonds. The number of fused-ring (bicyclic) bond motifs is 1. The number of aromatic nitrogens is 2. The highest BCUT2D eigenvalue weighted by atomic mass is 79.9. The minimum atomic E-state index is 0. The van der Waals surface area contributed by atoms with Gasteiger partial charge in [0.25, 0.3) is 5.91 Å². The van der Waals surface area contributed by atoms with E-state index in [4.69, 9.17) is 0 Å². The van der Waals surface area contributed by atoms with Crippen LogP contribution in [0.15, 0.2) is 41.0 Å². The Morgan fingerprint density at radius 2 is 1.86 bits per heavy atom. The standard InChI is InChI=1S/C22H23BrN4O.ClH/c1-14-12-16(23)7-9-19(14)26-20-17-8-6-15(2)25-21(17)24-13-18(20)22(28)27-10-4-3-5-11-27;/h6-9,12-13H,3-5,10-11H2,1-2H3,(H,24,25,26);1H. The van der Waals surface area contributed by atoms with Gasteiger partial charge in [-0.05, 0) is 69.0 Å². The highest BCUT2D eigenvalue weighted by Crippen LogP contribution is 2.32. The molecule has 0 radical (unpaired) electrons. The van der Waals surface area contributed by atoms with Crippen molar-refractivity contribution in [1.82, 2.24) is 14.9 Å². The van der Waals surface area contributed by atoms with Gasteiger partial charge in [-0.1, -0.05) is 15.9 Å². The lowest BCUT2D eigenvalue weighted by Crippen LogP contribution is -2.36. The van der Waals surface area contributed by atoms with Crippen LogP contribution in [0.4, 0.5) is 11.4 Å². The number of nitrogens with zero attached hydrogens (tertiary/aromatic N) is 3. The van der Waals surface area contributed by atoms with Gasteiger partial charge in [0.2, 0.25) is 0 Å². The van der Waals surface area contributed by atoms with Crippen LogP contribution in [0.3, 0.4) is 0 Å². The molecule has 0 atom stereocenters. The second kappa shape index (κ2) is 9.09. The fraction of sp³-hybridized carbons (Fsp3) is 0.318. The van der Waals surface area contributed by atoms with Gasteiger partial charge in [0.05, 0.1) is 11.3 Å². The summed E-state index contributed by atoms with van der Waals surface area (Å²) in [6, 6.07) is 10.0. The molecule has 1 saturated heterocycles. The second-order valence-corrected chi connectivity index (χ2v) is 8.22. The van der Waals surface area contributed by atoms with E-state index in [-0.39, 0.29) is 18.3 Å². The Morgan fingerprint density at radius 1 is 1.10 bits per heavy atom. The van der Waals surface area contributed by atoms with Gasteiger partial charge in [0, 0.05) is 40.5 Å². The van der Waals surface area contributed by atoms with Crippen LogP contribution in [-0.4, -0.2) is 33.9 Å². The fourth-order valence-corrected chi connectivity index (χ4v) is 4.11. The number of nitrogens with one attached hydrogen (secondary N) is 1. The lowest BCUT2D eigenvalue weighted by molar-refractivity contribution is 0.0725. The number of aryl methyl sites for hydroxylation is 2. The summed E-state index contributed by atoms with van der Waals surface area (Å²) in [5, 5.41) is 4.36.